The number of aryl methyl sites for hydroxylation is 1. The average molecular weight is 226 g/mol. The number of nitrogens with one attached hydrogen (secondary N) is 1. The van der Waals surface area contributed by atoms with Crippen LogP contribution >= 0.6 is 0 Å². The molecule has 0 saturated carbocycles. The summed E-state index contributed by atoms with van der Waals surface area (Å²) < 4.78 is 1.26. The van der Waals surface area contributed by atoms with Gasteiger partial charge in [0.25, 0.3) is 5.56 Å². The molecule has 3 aromatic rings. The van der Waals surface area contributed by atoms with E-state index in [0.717, 1.165) is 5.56 Å². The first-order valence-corrected chi connectivity index (χ1v) is 5.25. The summed E-state index contributed by atoms with van der Waals surface area (Å²) in [5, 5.41) is 4.17. The Morgan fingerprint density at radius 3 is 2.65 bits per heavy atom. The third-order valence-corrected chi connectivity index (χ3v) is 2.56. The maximum atomic E-state index is 11.5. The zero-order chi connectivity index (χ0) is 11.8. The van der Waals surface area contributed by atoms with Crippen LogP contribution in [0, 0.1) is 6.92 Å². The molecule has 0 unspecified atom stereocenters. The van der Waals surface area contributed by atoms with E-state index in [4.69, 9.17) is 0 Å². The second kappa shape index (κ2) is 3.55. The molecule has 0 atom stereocenters. The van der Waals surface area contributed by atoms with Gasteiger partial charge in [0.2, 0.25) is 5.78 Å². The monoisotopic (exact) mass is 226 g/mol. The molecule has 0 aliphatic rings. The quantitative estimate of drug-likeness (QED) is 0.682. The second-order valence-electron chi connectivity index (χ2n) is 3.85. The molecule has 2 aromatic heterocycles. The zero-order valence-corrected chi connectivity index (χ0v) is 9.21. The lowest BCUT2D eigenvalue weighted by atomic mass is 10.1. The zero-order valence-electron chi connectivity index (χ0n) is 9.21. The minimum Gasteiger partial charge on any atom is -0.330 e. The van der Waals surface area contributed by atoms with Crippen molar-refractivity contribution in [2.45, 2.75) is 6.92 Å². The Bertz CT molecular complexity index is 724. The summed E-state index contributed by atoms with van der Waals surface area (Å²) in [4.78, 5) is 18.7. The summed E-state index contributed by atoms with van der Waals surface area (Å²) in [5.41, 5.74) is 1.88. The van der Waals surface area contributed by atoms with Crippen molar-refractivity contribution in [2.75, 3.05) is 0 Å². The molecule has 17 heavy (non-hydrogen) atoms. The Labute approximate surface area is 96.8 Å². The summed E-state index contributed by atoms with van der Waals surface area (Å²) in [6, 6.07) is 9.27. The van der Waals surface area contributed by atoms with Crippen LogP contribution in [0.4, 0.5) is 0 Å². The molecule has 1 N–H and O–H groups in total. The highest BCUT2D eigenvalue weighted by atomic mass is 16.1. The maximum Gasteiger partial charge on any atom is 0.275 e. The third kappa shape index (κ3) is 1.61. The Kier molecular flexibility index (Phi) is 2.04. The van der Waals surface area contributed by atoms with Gasteiger partial charge < -0.3 is 4.98 Å². The van der Waals surface area contributed by atoms with Crippen LogP contribution in [-0.2, 0) is 0 Å². The fourth-order valence-electron chi connectivity index (χ4n) is 1.64. The van der Waals surface area contributed by atoms with Gasteiger partial charge in [0, 0.05) is 17.8 Å². The van der Waals surface area contributed by atoms with Gasteiger partial charge in [0.15, 0.2) is 5.82 Å². The van der Waals surface area contributed by atoms with Crippen LogP contribution in [0.1, 0.15) is 5.56 Å². The first-order chi connectivity index (χ1) is 8.24. The Hall–Kier alpha value is -2.43. The number of rotatable bonds is 1. The number of aromatic amines is 1. The van der Waals surface area contributed by atoms with E-state index in [1.807, 2.05) is 31.2 Å². The smallest absolute Gasteiger partial charge is 0.275 e. The molecule has 0 aliphatic carbocycles. The van der Waals surface area contributed by atoms with Gasteiger partial charge in [-0.2, -0.15) is 9.50 Å². The lowest BCUT2D eigenvalue weighted by Crippen LogP contribution is -2.12. The first-order valence-electron chi connectivity index (χ1n) is 5.25. The predicted octanol–water partition coefficient (Wildman–Crippen LogP) is 1.39. The minimum atomic E-state index is -0.190. The SMILES string of the molecule is Cc1ccc(-c2nc3[nH]ccc(=O)n3n2)cc1. The fourth-order valence-corrected chi connectivity index (χ4v) is 1.64. The van der Waals surface area contributed by atoms with Gasteiger partial charge in [0.1, 0.15) is 0 Å². The molecule has 0 saturated heterocycles. The first kappa shape index (κ1) is 9.77. The van der Waals surface area contributed by atoms with E-state index in [9.17, 15) is 4.79 Å². The lowest BCUT2D eigenvalue weighted by molar-refractivity contribution is 0.902. The van der Waals surface area contributed by atoms with E-state index < -0.39 is 0 Å². The normalized spacial score (nSPS) is 10.9. The van der Waals surface area contributed by atoms with Gasteiger partial charge in [-0.15, -0.1) is 5.10 Å². The van der Waals surface area contributed by atoms with Crippen LogP contribution in [0.3, 0.4) is 0 Å². The molecular weight excluding hydrogens is 216 g/mol. The Morgan fingerprint density at radius 1 is 1.18 bits per heavy atom. The molecular formula is C12H10N4O. The number of aromatic nitrogens is 4. The summed E-state index contributed by atoms with van der Waals surface area (Å²) in [6.07, 6.45) is 1.56. The highest BCUT2D eigenvalue weighted by Gasteiger charge is 2.07. The van der Waals surface area contributed by atoms with Crippen molar-refractivity contribution in [1.82, 2.24) is 19.6 Å². The molecule has 0 spiro atoms. The van der Waals surface area contributed by atoms with Crippen molar-refractivity contribution in [1.29, 1.82) is 0 Å². The van der Waals surface area contributed by atoms with Gasteiger partial charge in [-0.05, 0) is 6.92 Å². The van der Waals surface area contributed by atoms with E-state index in [0.29, 0.717) is 11.6 Å². The molecule has 5 nitrogen and oxygen atoms in total. The van der Waals surface area contributed by atoms with E-state index in [1.54, 1.807) is 6.20 Å². The fraction of sp³-hybridized carbons (Fsp3) is 0.0833. The Balaban J connectivity index is 2.21. The molecule has 0 radical (unpaired) electrons. The summed E-state index contributed by atoms with van der Waals surface area (Å²) in [7, 11) is 0. The van der Waals surface area contributed by atoms with Gasteiger partial charge in [0.05, 0.1) is 0 Å². The van der Waals surface area contributed by atoms with Crippen LogP contribution in [0.25, 0.3) is 17.2 Å². The highest BCUT2D eigenvalue weighted by Crippen LogP contribution is 2.15. The van der Waals surface area contributed by atoms with Gasteiger partial charge in [-0.25, -0.2) is 0 Å². The number of benzene rings is 1. The van der Waals surface area contributed by atoms with Gasteiger partial charge in [-0.3, -0.25) is 4.79 Å². The highest BCUT2D eigenvalue weighted by molar-refractivity contribution is 5.57. The minimum absolute atomic E-state index is 0.190. The largest absolute Gasteiger partial charge is 0.330 e. The third-order valence-electron chi connectivity index (χ3n) is 2.56. The lowest BCUT2D eigenvalue weighted by Gasteiger charge is -1.94. The van der Waals surface area contributed by atoms with Crippen LogP contribution in [0.5, 0.6) is 0 Å². The molecule has 0 bridgehead atoms. The van der Waals surface area contributed by atoms with E-state index in [1.165, 1.54) is 16.1 Å². The van der Waals surface area contributed by atoms with Crippen molar-refractivity contribution in [3.8, 4) is 11.4 Å². The van der Waals surface area contributed by atoms with Crippen LogP contribution in [0.2, 0.25) is 0 Å². The molecule has 1 aromatic carbocycles. The number of H-pyrrole nitrogens is 1. The van der Waals surface area contributed by atoms with Crippen molar-refractivity contribution in [3.63, 3.8) is 0 Å². The number of nitrogens with zero attached hydrogens (tertiary/aromatic N) is 3. The standard InChI is InChI=1S/C12H10N4O/c1-8-2-4-9(5-3-8)11-14-12-13-7-6-10(17)16(12)15-11/h2-7H,1H3,(H,13,14,15). The van der Waals surface area contributed by atoms with E-state index in [-0.39, 0.29) is 5.56 Å². The Morgan fingerprint density at radius 2 is 1.94 bits per heavy atom. The summed E-state index contributed by atoms with van der Waals surface area (Å²) in [5.74, 6) is 0.998. The molecule has 84 valence electrons. The topological polar surface area (TPSA) is 63.0 Å². The predicted molar refractivity (Wildman–Crippen MR) is 63.8 cm³/mol. The second-order valence-corrected chi connectivity index (χ2v) is 3.85. The molecule has 3 rings (SSSR count). The average Bonchev–Trinajstić information content (AvgIpc) is 2.75. The molecule has 0 amide bonds. The van der Waals surface area contributed by atoms with Crippen LogP contribution in [0.15, 0.2) is 41.3 Å². The van der Waals surface area contributed by atoms with E-state index in [2.05, 4.69) is 15.1 Å². The van der Waals surface area contributed by atoms with Crippen molar-refractivity contribution >= 4 is 5.78 Å². The van der Waals surface area contributed by atoms with Crippen LogP contribution < -0.4 is 5.56 Å². The summed E-state index contributed by atoms with van der Waals surface area (Å²) >= 11 is 0. The van der Waals surface area contributed by atoms with Crippen molar-refractivity contribution in [3.05, 3.63) is 52.4 Å². The van der Waals surface area contributed by atoms with Crippen LogP contribution in [-0.4, -0.2) is 19.6 Å². The van der Waals surface area contributed by atoms with Crippen molar-refractivity contribution < 1.29 is 0 Å². The molecule has 0 fully saturated rings. The maximum absolute atomic E-state index is 11.5. The van der Waals surface area contributed by atoms with Crippen molar-refractivity contribution in [2.24, 2.45) is 0 Å². The number of fused-ring (bicyclic) bond motifs is 1. The van der Waals surface area contributed by atoms with Gasteiger partial charge in [-0.1, -0.05) is 29.8 Å². The molecule has 5 heteroatoms. The number of hydrogen-bond acceptors (Lipinski definition) is 3. The summed E-state index contributed by atoms with van der Waals surface area (Å²) in [6.45, 7) is 2.02. The molecule has 2 heterocycles. The van der Waals surface area contributed by atoms with E-state index >= 15 is 0 Å². The molecule has 0 aliphatic heterocycles. The number of hydrogen-bond donors (Lipinski definition) is 1. The van der Waals surface area contributed by atoms with Gasteiger partial charge >= 0.3 is 0 Å².